The Morgan fingerprint density at radius 3 is 2.59 bits per heavy atom. The molecule has 0 saturated carbocycles. The van der Waals surface area contributed by atoms with Crippen molar-refractivity contribution in [3.05, 3.63) is 99.2 Å². The summed E-state index contributed by atoms with van der Waals surface area (Å²) in [5, 5.41) is 0.264. The summed E-state index contributed by atoms with van der Waals surface area (Å²) in [7, 11) is 1.48. The van der Waals surface area contributed by atoms with Gasteiger partial charge in [-0.15, -0.1) is 0 Å². The molecule has 1 aliphatic heterocycles. The highest BCUT2D eigenvalue weighted by Crippen LogP contribution is 2.39. The number of ether oxygens (including phenoxy) is 3. The molecule has 4 rings (SSSR count). The van der Waals surface area contributed by atoms with Gasteiger partial charge in [0.25, 0.3) is 5.91 Å². The Morgan fingerprint density at radius 1 is 1.13 bits per heavy atom. The molecular formula is C29H25ClFNO5S2. The number of methoxy groups -OCH3 is 1. The molecule has 1 atom stereocenters. The van der Waals surface area contributed by atoms with E-state index in [1.54, 1.807) is 54.6 Å². The lowest BCUT2D eigenvalue weighted by molar-refractivity contribution is -0.151. The molecule has 1 unspecified atom stereocenters. The van der Waals surface area contributed by atoms with Crippen LogP contribution in [0.5, 0.6) is 11.5 Å². The van der Waals surface area contributed by atoms with Crippen molar-refractivity contribution in [2.75, 3.05) is 13.7 Å². The minimum Gasteiger partial charge on any atom is -0.493 e. The van der Waals surface area contributed by atoms with Crippen LogP contribution in [0.3, 0.4) is 0 Å². The van der Waals surface area contributed by atoms with Gasteiger partial charge >= 0.3 is 5.97 Å². The monoisotopic (exact) mass is 585 g/mol. The summed E-state index contributed by atoms with van der Waals surface area (Å²) < 4.78 is 31.0. The minimum absolute atomic E-state index is 0.0884. The third-order valence-electron chi connectivity index (χ3n) is 5.79. The minimum atomic E-state index is -0.994. The van der Waals surface area contributed by atoms with E-state index in [0.29, 0.717) is 34.0 Å². The fourth-order valence-electron chi connectivity index (χ4n) is 3.87. The van der Waals surface area contributed by atoms with Gasteiger partial charge in [0.1, 0.15) is 16.7 Å². The molecule has 0 N–H and O–H groups in total. The van der Waals surface area contributed by atoms with Crippen LogP contribution in [-0.4, -0.2) is 34.8 Å². The molecule has 0 aliphatic carbocycles. The number of halogens is 2. The SMILES string of the molecule is CCCOC(=O)C(c1ccccc1)N1C(=O)/C(=C\c2ccc(OCc3c(F)cccc3Cl)c(OC)c2)SC1=S. The Hall–Kier alpha value is -3.40. The van der Waals surface area contributed by atoms with E-state index in [1.165, 1.54) is 24.1 Å². The molecule has 1 aliphatic rings. The molecule has 0 bridgehead atoms. The Balaban J connectivity index is 1.57. The first-order chi connectivity index (χ1) is 18.8. The van der Waals surface area contributed by atoms with Crippen LogP contribution in [0.15, 0.2) is 71.6 Å². The number of thioether (sulfide) groups is 1. The molecule has 3 aromatic carbocycles. The first kappa shape index (κ1) is 28.6. The Bertz CT molecular complexity index is 1400. The Kier molecular flexibility index (Phi) is 9.61. The molecule has 1 amide bonds. The van der Waals surface area contributed by atoms with Crippen molar-refractivity contribution in [1.82, 2.24) is 4.90 Å². The molecule has 0 aromatic heterocycles. The van der Waals surface area contributed by atoms with Gasteiger partial charge in [0, 0.05) is 5.56 Å². The molecular weight excluding hydrogens is 561 g/mol. The van der Waals surface area contributed by atoms with Gasteiger partial charge in [0.15, 0.2) is 17.5 Å². The zero-order valence-electron chi connectivity index (χ0n) is 21.2. The third-order valence-corrected chi connectivity index (χ3v) is 7.47. The smallest absolute Gasteiger partial charge is 0.333 e. The van der Waals surface area contributed by atoms with Crippen molar-refractivity contribution in [3.8, 4) is 11.5 Å². The van der Waals surface area contributed by atoms with Gasteiger partial charge in [-0.2, -0.15) is 0 Å². The van der Waals surface area contributed by atoms with Crippen molar-refractivity contribution >= 4 is 57.9 Å². The lowest BCUT2D eigenvalue weighted by Crippen LogP contribution is -2.38. The van der Waals surface area contributed by atoms with E-state index in [0.717, 1.165) is 11.8 Å². The van der Waals surface area contributed by atoms with Crippen LogP contribution in [-0.2, 0) is 20.9 Å². The molecule has 0 spiro atoms. The van der Waals surface area contributed by atoms with Crippen LogP contribution < -0.4 is 9.47 Å². The molecule has 3 aromatic rings. The summed E-state index contributed by atoms with van der Waals surface area (Å²) in [4.78, 5) is 28.1. The van der Waals surface area contributed by atoms with Crippen LogP contribution >= 0.6 is 35.6 Å². The fourth-order valence-corrected chi connectivity index (χ4v) is 5.41. The predicted molar refractivity (Wildman–Crippen MR) is 154 cm³/mol. The van der Waals surface area contributed by atoms with Crippen molar-refractivity contribution < 1.29 is 28.2 Å². The third kappa shape index (κ3) is 6.61. The number of nitrogens with zero attached hydrogens (tertiary/aromatic N) is 1. The maximum Gasteiger partial charge on any atom is 0.333 e. The van der Waals surface area contributed by atoms with Crippen molar-refractivity contribution in [2.24, 2.45) is 0 Å². The Morgan fingerprint density at radius 2 is 1.90 bits per heavy atom. The summed E-state index contributed by atoms with van der Waals surface area (Å²) >= 11 is 12.7. The van der Waals surface area contributed by atoms with E-state index in [1.807, 2.05) is 13.0 Å². The fraction of sp³-hybridized carbons (Fsp3) is 0.207. The van der Waals surface area contributed by atoms with Crippen LogP contribution in [0.2, 0.25) is 5.02 Å². The molecule has 1 heterocycles. The standard InChI is InChI=1S/C29H25ClFNO5S2/c1-3-14-36-28(34)26(19-8-5-4-6-9-19)32-27(33)25(39-29(32)38)16-18-12-13-23(24(15-18)35-2)37-17-20-21(30)10-7-11-22(20)31/h4-13,15-16,26H,3,14,17H2,1-2H3/b25-16+. The summed E-state index contributed by atoms with van der Waals surface area (Å²) in [5.41, 5.74) is 1.49. The second kappa shape index (κ2) is 13.1. The maximum absolute atomic E-state index is 14.1. The van der Waals surface area contributed by atoms with E-state index in [9.17, 15) is 14.0 Å². The second-order valence-corrected chi connectivity index (χ2v) is 10.5. The first-order valence-electron chi connectivity index (χ1n) is 12.1. The highest BCUT2D eigenvalue weighted by atomic mass is 35.5. The van der Waals surface area contributed by atoms with E-state index in [4.69, 9.17) is 38.0 Å². The number of carbonyl (C=O) groups is 2. The maximum atomic E-state index is 14.1. The predicted octanol–water partition coefficient (Wildman–Crippen LogP) is 6.96. The molecule has 1 fully saturated rings. The topological polar surface area (TPSA) is 65.1 Å². The van der Waals surface area contributed by atoms with Crippen LogP contribution in [0.4, 0.5) is 4.39 Å². The molecule has 10 heteroatoms. The van der Waals surface area contributed by atoms with Crippen LogP contribution in [0.25, 0.3) is 6.08 Å². The van der Waals surface area contributed by atoms with Gasteiger partial charge in [0.05, 0.1) is 23.6 Å². The van der Waals surface area contributed by atoms with Crippen molar-refractivity contribution in [3.63, 3.8) is 0 Å². The summed E-state index contributed by atoms with van der Waals surface area (Å²) in [5.74, 6) is -0.645. The van der Waals surface area contributed by atoms with E-state index < -0.39 is 23.7 Å². The van der Waals surface area contributed by atoms with Crippen molar-refractivity contribution in [2.45, 2.75) is 26.0 Å². The lowest BCUT2D eigenvalue weighted by atomic mass is 10.1. The lowest BCUT2D eigenvalue weighted by Gasteiger charge is -2.25. The average Bonchev–Trinajstić information content (AvgIpc) is 3.20. The highest BCUT2D eigenvalue weighted by Gasteiger charge is 2.42. The summed E-state index contributed by atoms with van der Waals surface area (Å²) in [6.45, 7) is 2.05. The summed E-state index contributed by atoms with van der Waals surface area (Å²) in [6, 6.07) is 17.4. The second-order valence-electron chi connectivity index (χ2n) is 8.43. The largest absolute Gasteiger partial charge is 0.493 e. The van der Waals surface area contributed by atoms with Gasteiger partial charge in [0.2, 0.25) is 0 Å². The zero-order chi connectivity index (χ0) is 27.9. The van der Waals surface area contributed by atoms with Gasteiger partial charge in [-0.1, -0.05) is 85.0 Å². The van der Waals surface area contributed by atoms with Gasteiger partial charge in [-0.25, -0.2) is 9.18 Å². The van der Waals surface area contributed by atoms with Gasteiger partial charge in [-0.05, 0) is 47.9 Å². The number of hydrogen-bond acceptors (Lipinski definition) is 7. The number of benzene rings is 3. The number of carbonyl (C=O) groups excluding carboxylic acids is 2. The van der Waals surface area contributed by atoms with Crippen LogP contribution in [0.1, 0.15) is 36.1 Å². The number of amides is 1. The van der Waals surface area contributed by atoms with Crippen molar-refractivity contribution in [1.29, 1.82) is 0 Å². The molecule has 6 nitrogen and oxygen atoms in total. The first-order valence-corrected chi connectivity index (χ1v) is 13.7. The number of esters is 1. The quantitative estimate of drug-likeness (QED) is 0.145. The molecule has 202 valence electrons. The molecule has 1 saturated heterocycles. The number of thiocarbonyl (C=S) groups is 1. The highest BCUT2D eigenvalue weighted by molar-refractivity contribution is 8.26. The van der Waals surface area contributed by atoms with E-state index in [2.05, 4.69) is 0 Å². The molecule has 39 heavy (non-hydrogen) atoms. The van der Waals surface area contributed by atoms with E-state index >= 15 is 0 Å². The number of rotatable bonds is 10. The zero-order valence-corrected chi connectivity index (χ0v) is 23.6. The van der Waals surface area contributed by atoms with E-state index in [-0.39, 0.29) is 28.1 Å². The summed E-state index contributed by atoms with van der Waals surface area (Å²) in [6.07, 6.45) is 2.32. The molecule has 0 radical (unpaired) electrons. The average molecular weight is 586 g/mol. The van der Waals surface area contributed by atoms with Crippen LogP contribution in [0, 0.1) is 5.82 Å². The Labute approximate surface area is 240 Å². The normalized spacial score (nSPS) is 15.0. The van der Waals surface area contributed by atoms with Gasteiger partial charge < -0.3 is 14.2 Å². The van der Waals surface area contributed by atoms with Gasteiger partial charge in [-0.3, -0.25) is 9.69 Å². The number of hydrogen-bond donors (Lipinski definition) is 0.